The first kappa shape index (κ1) is 25.6. The number of halogens is 4. The van der Waals surface area contributed by atoms with Crippen LogP contribution in [-0.2, 0) is 16.3 Å². The van der Waals surface area contributed by atoms with E-state index in [2.05, 4.69) is 22.5 Å². The van der Waals surface area contributed by atoms with Gasteiger partial charge in [-0.15, -0.1) is 24.0 Å². The maximum Gasteiger partial charge on any atom is 0.416 e. The number of thioether (sulfide) groups is 1. The van der Waals surface area contributed by atoms with Crippen LogP contribution in [0.25, 0.3) is 0 Å². The molecule has 2 N–H and O–H groups in total. The van der Waals surface area contributed by atoms with E-state index in [0.717, 1.165) is 12.6 Å². The molecule has 0 aromatic heterocycles. The van der Waals surface area contributed by atoms with E-state index in [4.69, 9.17) is 4.74 Å². The molecular formula is C21H31F3IN3OS. The first-order chi connectivity index (χ1) is 13.8. The predicted molar refractivity (Wildman–Crippen MR) is 128 cm³/mol. The average molecular weight is 557 g/mol. The predicted octanol–water partition coefficient (Wildman–Crippen LogP) is 4.82. The second kappa shape index (κ2) is 10.8. The van der Waals surface area contributed by atoms with Crippen LogP contribution < -0.4 is 10.6 Å². The smallest absolute Gasteiger partial charge is 0.381 e. The van der Waals surface area contributed by atoms with Crippen LogP contribution in [0.15, 0.2) is 29.3 Å². The van der Waals surface area contributed by atoms with Crippen LogP contribution >= 0.6 is 35.7 Å². The van der Waals surface area contributed by atoms with Gasteiger partial charge in [0.15, 0.2) is 5.96 Å². The van der Waals surface area contributed by atoms with E-state index >= 15 is 0 Å². The summed E-state index contributed by atoms with van der Waals surface area (Å²) in [5, 5.41) is 6.77. The first-order valence-corrected chi connectivity index (χ1v) is 11.1. The largest absolute Gasteiger partial charge is 0.416 e. The van der Waals surface area contributed by atoms with Gasteiger partial charge in [-0.25, -0.2) is 0 Å². The van der Waals surface area contributed by atoms with Gasteiger partial charge in [0.1, 0.15) is 0 Å². The lowest BCUT2D eigenvalue weighted by Gasteiger charge is -2.38. The van der Waals surface area contributed by atoms with Crippen molar-refractivity contribution in [1.82, 2.24) is 10.6 Å². The van der Waals surface area contributed by atoms with Gasteiger partial charge in [-0.3, -0.25) is 4.99 Å². The maximum atomic E-state index is 13.2. The zero-order chi connectivity index (χ0) is 21.0. The monoisotopic (exact) mass is 557 g/mol. The molecule has 2 heterocycles. The standard InChI is InChI=1S/C21H30F3N3OS.HI/c1-19(7-4-12-29-19)14-26-18(25-2)27-15-20(8-10-28-11-9-20)16-5-3-6-17(13-16)21(22,23)24;/h3,5-6,13H,4,7-12,14-15H2,1-2H3,(H2,25,26,27);1H. The highest BCUT2D eigenvalue weighted by Crippen LogP contribution is 2.38. The number of nitrogens with one attached hydrogen (secondary N) is 2. The maximum absolute atomic E-state index is 13.2. The highest BCUT2D eigenvalue weighted by atomic mass is 127. The van der Waals surface area contributed by atoms with E-state index in [1.807, 2.05) is 11.8 Å². The highest BCUT2D eigenvalue weighted by Gasteiger charge is 2.38. The van der Waals surface area contributed by atoms with Gasteiger partial charge in [-0.1, -0.05) is 18.2 Å². The van der Waals surface area contributed by atoms with Crippen molar-refractivity contribution in [2.24, 2.45) is 4.99 Å². The fraction of sp³-hybridized carbons (Fsp3) is 0.667. The summed E-state index contributed by atoms with van der Waals surface area (Å²) in [5.41, 5.74) is -0.310. The second-order valence-corrected chi connectivity index (χ2v) is 9.84. The fourth-order valence-corrected chi connectivity index (χ4v) is 5.32. The summed E-state index contributed by atoms with van der Waals surface area (Å²) < 4.78 is 45.4. The van der Waals surface area contributed by atoms with Crippen molar-refractivity contribution in [3.05, 3.63) is 35.4 Å². The minimum atomic E-state index is -4.35. The molecule has 0 spiro atoms. The molecule has 0 radical (unpaired) electrons. The molecule has 0 amide bonds. The Bertz CT molecular complexity index is 718. The number of aliphatic imine (C=N–C) groups is 1. The number of rotatable bonds is 5. The normalized spacial score (nSPS) is 24.2. The van der Waals surface area contributed by atoms with E-state index in [9.17, 15) is 13.2 Å². The molecule has 170 valence electrons. The van der Waals surface area contributed by atoms with E-state index < -0.39 is 17.2 Å². The third kappa shape index (κ3) is 6.41. The van der Waals surface area contributed by atoms with Crippen LogP contribution in [-0.4, -0.2) is 49.8 Å². The van der Waals surface area contributed by atoms with Gasteiger partial charge in [-0.05, 0) is 50.0 Å². The van der Waals surface area contributed by atoms with E-state index in [-0.39, 0.29) is 28.7 Å². The van der Waals surface area contributed by atoms with Crippen LogP contribution in [0.2, 0.25) is 0 Å². The number of guanidine groups is 1. The minimum absolute atomic E-state index is 0. The summed E-state index contributed by atoms with van der Waals surface area (Å²) in [6.07, 6.45) is -0.597. The molecule has 2 aliphatic heterocycles. The Balaban J connectivity index is 0.00000320. The summed E-state index contributed by atoms with van der Waals surface area (Å²) in [6.45, 7) is 4.67. The molecule has 1 unspecified atom stereocenters. The van der Waals surface area contributed by atoms with Crippen molar-refractivity contribution in [1.29, 1.82) is 0 Å². The van der Waals surface area contributed by atoms with Crippen molar-refractivity contribution >= 4 is 41.7 Å². The lowest BCUT2D eigenvalue weighted by Crippen LogP contribution is -2.50. The molecule has 0 bridgehead atoms. The molecule has 0 aliphatic carbocycles. The number of nitrogens with zero attached hydrogens (tertiary/aromatic N) is 1. The summed E-state index contributed by atoms with van der Waals surface area (Å²) in [6, 6.07) is 5.72. The van der Waals surface area contributed by atoms with E-state index in [1.54, 1.807) is 13.1 Å². The number of alkyl halides is 3. The molecule has 2 aliphatic rings. The molecule has 4 nitrogen and oxygen atoms in total. The molecule has 9 heteroatoms. The summed E-state index contributed by atoms with van der Waals surface area (Å²) >= 11 is 1.97. The third-order valence-electron chi connectivity index (χ3n) is 6.00. The zero-order valence-corrected chi connectivity index (χ0v) is 20.6. The fourth-order valence-electron chi connectivity index (χ4n) is 4.08. The third-order valence-corrected chi connectivity index (χ3v) is 7.54. The SMILES string of the molecule is CN=C(NCC1(C)CCCS1)NCC1(c2cccc(C(F)(F)F)c2)CCOCC1.I. The van der Waals surface area contributed by atoms with Crippen molar-refractivity contribution in [2.75, 3.05) is 39.1 Å². The van der Waals surface area contributed by atoms with Crippen LogP contribution in [0.1, 0.15) is 43.7 Å². The van der Waals surface area contributed by atoms with Crippen molar-refractivity contribution in [3.8, 4) is 0 Å². The topological polar surface area (TPSA) is 45.7 Å². The Kier molecular flexibility index (Phi) is 9.18. The first-order valence-electron chi connectivity index (χ1n) is 10.1. The highest BCUT2D eigenvalue weighted by molar-refractivity contribution is 14.0. The van der Waals surface area contributed by atoms with Crippen LogP contribution in [0.5, 0.6) is 0 Å². The van der Waals surface area contributed by atoms with Gasteiger partial charge in [0, 0.05) is 43.5 Å². The number of hydrogen-bond donors (Lipinski definition) is 2. The summed E-state index contributed by atoms with van der Waals surface area (Å²) in [5.74, 6) is 1.87. The molecule has 1 atom stereocenters. The Morgan fingerprint density at radius 1 is 1.17 bits per heavy atom. The molecule has 2 fully saturated rings. The van der Waals surface area contributed by atoms with Crippen molar-refractivity contribution < 1.29 is 17.9 Å². The molecule has 1 aromatic rings. The van der Waals surface area contributed by atoms with Gasteiger partial charge < -0.3 is 15.4 Å². The Hall–Kier alpha value is -0.680. The van der Waals surface area contributed by atoms with Gasteiger partial charge in [0.2, 0.25) is 0 Å². The molecule has 1 aromatic carbocycles. The number of hydrogen-bond acceptors (Lipinski definition) is 3. The minimum Gasteiger partial charge on any atom is -0.381 e. The Morgan fingerprint density at radius 2 is 1.87 bits per heavy atom. The van der Waals surface area contributed by atoms with Gasteiger partial charge in [-0.2, -0.15) is 24.9 Å². The number of benzene rings is 1. The summed E-state index contributed by atoms with van der Waals surface area (Å²) in [4.78, 5) is 4.32. The van der Waals surface area contributed by atoms with Gasteiger partial charge >= 0.3 is 6.18 Å². The summed E-state index contributed by atoms with van der Waals surface area (Å²) in [7, 11) is 1.72. The van der Waals surface area contributed by atoms with Crippen LogP contribution in [0.3, 0.4) is 0 Å². The number of ether oxygens (including phenoxy) is 1. The molecule has 2 saturated heterocycles. The lowest BCUT2D eigenvalue weighted by atomic mass is 9.73. The van der Waals surface area contributed by atoms with Crippen molar-refractivity contribution in [2.45, 2.75) is 48.9 Å². The van der Waals surface area contributed by atoms with E-state index in [0.29, 0.717) is 44.1 Å². The molecule has 30 heavy (non-hydrogen) atoms. The molecular weight excluding hydrogens is 526 g/mol. The van der Waals surface area contributed by atoms with Gasteiger partial charge in [0.25, 0.3) is 0 Å². The molecule has 0 saturated carbocycles. The van der Waals surface area contributed by atoms with Crippen molar-refractivity contribution in [3.63, 3.8) is 0 Å². The molecule has 3 rings (SSSR count). The van der Waals surface area contributed by atoms with E-state index in [1.165, 1.54) is 30.7 Å². The van der Waals surface area contributed by atoms with Gasteiger partial charge in [0.05, 0.1) is 5.56 Å². The lowest BCUT2D eigenvalue weighted by molar-refractivity contribution is -0.137. The average Bonchev–Trinajstić information content (AvgIpc) is 3.15. The zero-order valence-electron chi connectivity index (χ0n) is 17.5. The van der Waals surface area contributed by atoms with Crippen LogP contribution in [0, 0.1) is 0 Å². The Labute approximate surface area is 198 Å². The quantitative estimate of drug-likeness (QED) is 0.310. The Morgan fingerprint density at radius 3 is 2.47 bits per heavy atom. The second-order valence-electron chi connectivity index (χ2n) is 8.15. The van der Waals surface area contributed by atoms with Crippen LogP contribution in [0.4, 0.5) is 13.2 Å².